The number of carbonyl (C=O) groups is 1. The van der Waals surface area contributed by atoms with Gasteiger partial charge < -0.3 is 14.6 Å². The van der Waals surface area contributed by atoms with Crippen molar-refractivity contribution in [3.05, 3.63) is 15.5 Å². The molecule has 0 aliphatic heterocycles. The second-order valence-corrected chi connectivity index (χ2v) is 10.3. The van der Waals surface area contributed by atoms with Gasteiger partial charge in [0.05, 0.1) is 11.4 Å². The molecule has 1 N–H and O–H groups in total. The lowest BCUT2D eigenvalue weighted by Gasteiger charge is -2.21. The average molecular weight is 380 g/mol. The number of nitrogens with one attached hydrogen (secondary N) is 1. The number of carbonyl (C=O) groups excluding carboxylic acids is 1. The van der Waals surface area contributed by atoms with Gasteiger partial charge in [0.15, 0.2) is 4.47 Å². The van der Waals surface area contributed by atoms with E-state index in [1.54, 1.807) is 27.0 Å². The maximum atomic E-state index is 12.3. The van der Waals surface area contributed by atoms with Gasteiger partial charge in [-0.05, 0) is 41.5 Å². The molecule has 23 heavy (non-hydrogen) atoms. The van der Waals surface area contributed by atoms with Crippen LogP contribution in [0.2, 0.25) is 4.47 Å². The van der Waals surface area contributed by atoms with Crippen LogP contribution in [-0.2, 0) is 16.1 Å². The molecular weight excluding hydrogens is 358 g/mol. The highest BCUT2D eigenvalue weighted by atomic mass is 35.5. The van der Waals surface area contributed by atoms with Gasteiger partial charge in [-0.2, -0.15) is 0 Å². The number of alkyl carbamates (subject to hydrolysis) is 1. The van der Waals surface area contributed by atoms with E-state index in [4.69, 9.17) is 16.3 Å². The third kappa shape index (κ3) is 7.52. The molecule has 0 saturated heterocycles. The van der Waals surface area contributed by atoms with Gasteiger partial charge >= 0.3 is 6.09 Å². The van der Waals surface area contributed by atoms with Crippen molar-refractivity contribution in [2.24, 2.45) is 4.40 Å². The quantitative estimate of drug-likeness (QED) is 0.639. The van der Waals surface area contributed by atoms with Crippen LogP contribution in [-0.4, -0.2) is 38.2 Å². The summed E-state index contributed by atoms with van der Waals surface area (Å²) in [6.07, 6.45) is 0.977. The second kappa shape index (κ2) is 7.83. The number of hydrogen-bond acceptors (Lipinski definition) is 6. The molecule has 0 fully saturated rings. The van der Waals surface area contributed by atoms with Crippen molar-refractivity contribution in [2.45, 2.75) is 51.9 Å². The fourth-order valence-corrected chi connectivity index (χ4v) is 2.88. The predicted octanol–water partition coefficient (Wildman–Crippen LogP) is 3.57. The molecular formula is C14H22ClN3O3S2. The van der Waals surface area contributed by atoms with E-state index in [0.29, 0.717) is 15.1 Å². The van der Waals surface area contributed by atoms with Gasteiger partial charge in [-0.3, -0.25) is 0 Å². The van der Waals surface area contributed by atoms with Gasteiger partial charge in [0.25, 0.3) is 0 Å². The largest absolute Gasteiger partial charge is 0.591 e. The number of halogens is 1. The lowest BCUT2D eigenvalue weighted by molar-refractivity contribution is 0.0536. The first-order valence-electron chi connectivity index (χ1n) is 6.96. The van der Waals surface area contributed by atoms with Crippen molar-refractivity contribution < 1.29 is 14.1 Å². The van der Waals surface area contributed by atoms with Crippen LogP contribution in [0.4, 0.5) is 4.79 Å². The highest BCUT2D eigenvalue weighted by molar-refractivity contribution is 7.91. The van der Waals surface area contributed by atoms with Crippen LogP contribution in [0, 0.1) is 0 Å². The van der Waals surface area contributed by atoms with E-state index >= 15 is 0 Å². The van der Waals surface area contributed by atoms with Gasteiger partial charge in [-0.25, -0.2) is 9.78 Å². The molecule has 0 aliphatic carbocycles. The Kier molecular flexibility index (Phi) is 6.88. The Morgan fingerprint density at radius 2 is 2.04 bits per heavy atom. The van der Waals surface area contributed by atoms with Crippen LogP contribution < -0.4 is 5.32 Å². The smallest absolute Gasteiger partial charge is 0.407 e. The van der Waals surface area contributed by atoms with Crippen molar-refractivity contribution in [3.63, 3.8) is 0 Å². The Labute approximate surface area is 149 Å². The highest BCUT2D eigenvalue weighted by Crippen LogP contribution is 2.22. The Bertz CT molecular complexity index is 577. The second-order valence-electron chi connectivity index (χ2n) is 6.73. The summed E-state index contributed by atoms with van der Waals surface area (Å²) in [6, 6.07) is 0. The molecule has 1 unspecified atom stereocenters. The van der Waals surface area contributed by atoms with Gasteiger partial charge in [0.2, 0.25) is 0 Å². The predicted molar refractivity (Wildman–Crippen MR) is 95.8 cm³/mol. The lowest BCUT2D eigenvalue weighted by atomic mass is 10.2. The summed E-state index contributed by atoms with van der Waals surface area (Å²) in [5, 5.41) is 2.61. The molecule has 130 valence electrons. The number of thiazole rings is 1. The minimum Gasteiger partial charge on any atom is -0.591 e. The van der Waals surface area contributed by atoms with Crippen molar-refractivity contribution >= 4 is 46.1 Å². The SMILES string of the molecule is CC(C)(C)OC(=O)NCC(=N[S+]([O-])C(C)(C)C)c1cnc(Cl)s1. The fraction of sp³-hybridized carbons (Fsp3) is 0.643. The molecule has 1 atom stereocenters. The van der Waals surface area contributed by atoms with E-state index in [1.807, 2.05) is 20.8 Å². The molecule has 0 aliphatic rings. The molecule has 9 heteroatoms. The zero-order chi connectivity index (χ0) is 17.8. The van der Waals surface area contributed by atoms with E-state index in [2.05, 4.69) is 14.7 Å². The Balaban J connectivity index is 2.89. The molecule has 6 nitrogen and oxygen atoms in total. The highest BCUT2D eigenvalue weighted by Gasteiger charge is 2.28. The summed E-state index contributed by atoms with van der Waals surface area (Å²) in [5.41, 5.74) is -0.142. The molecule has 1 aromatic rings. The number of rotatable bonds is 4. The first-order valence-corrected chi connectivity index (χ1v) is 9.27. The topological polar surface area (TPSA) is 86.6 Å². The van der Waals surface area contributed by atoms with Crippen molar-refractivity contribution in [1.82, 2.24) is 10.3 Å². The van der Waals surface area contributed by atoms with Crippen molar-refractivity contribution in [2.75, 3.05) is 6.54 Å². The zero-order valence-corrected chi connectivity index (χ0v) is 16.5. The molecule has 0 spiro atoms. The molecule has 0 bridgehead atoms. The summed E-state index contributed by atoms with van der Waals surface area (Å²) >= 11 is 5.59. The molecule has 1 aromatic heterocycles. The van der Waals surface area contributed by atoms with E-state index in [9.17, 15) is 9.35 Å². The Morgan fingerprint density at radius 1 is 1.43 bits per heavy atom. The monoisotopic (exact) mass is 379 g/mol. The zero-order valence-electron chi connectivity index (χ0n) is 14.1. The number of amides is 1. The van der Waals surface area contributed by atoms with Gasteiger partial charge in [0, 0.05) is 6.20 Å². The first-order chi connectivity index (χ1) is 10.4. The first kappa shape index (κ1) is 20.2. The van der Waals surface area contributed by atoms with E-state index in [0.717, 1.165) is 0 Å². The summed E-state index contributed by atoms with van der Waals surface area (Å²) in [4.78, 5) is 16.4. The van der Waals surface area contributed by atoms with Crippen LogP contribution in [0.25, 0.3) is 0 Å². The van der Waals surface area contributed by atoms with Crippen molar-refractivity contribution in [1.29, 1.82) is 0 Å². The van der Waals surface area contributed by atoms with Gasteiger partial charge in [-0.1, -0.05) is 16.0 Å². The fourth-order valence-electron chi connectivity index (χ4n) is 1.26. The van der Waals surface area contributed by atoms with Crippen LogP contribution in [0.5, 0.6) is 0 Å². The minimum atomic E-state index is -1.46. The van der Waals surface area contributed by atoms with E-state index < -0.39 is 27.8 Å². The Hall–Kier alpha value is -0.830. The molecule has 0 saturated carbocycles. The van der Waals surface area contributed by atoms with Crippen LogP contribution in [0.15, 0.2) is 10.6 Å². The van der Waals surface area contributed by atoms with Gasteiger partial charge in [0.1, 0.15) is 27.4 Å². The summed E-state index contributed by atoms with van der Waals surface area (Å²) in [7, 11) is 0. The third-order valence-electron chi connectivity index (χ3n) is 2.28. The van der Waals surface area contributed by atoms with Gasteiger partial charge in [-0.15, -0.1) is 11.3 Å². The average Bonchev–Trinajstić information content (AvgIpc) is 2.77. The van der Waals surface area contributed by atoms with Crippen LogP contribution in [0.1, 0.15) is 46.4 Å². The van der Waals surface area contributed by atoms with E-state index in [-0.39, 0.29) is 6.54 Å². The summed E-state index contributed by atoms with van der Waals surface area (Å²) < 4.78 is 21.5. The normalized spacial score (nSPS) is 14.5. The maximum Gasteiger partial charge on any atom is 0.407 e. The van der Waals surface area contributed by atoms with Crippen molar-refractivity contribution in [3.8, 4) is 0 Å². The molecule has 1 amide bonds. The van der Waals surface area contributed by atoms with E-state index in [1.165, 1.54) is 11.3 Å². The third-order valence-corrected chi connectivity index (χ3v) is 4.88. The Morgan fingerprint density at radius 3 is 2.48 bits per heavy atom. The van der Waals surface area contributed by atoms with Crippen LogP contribution >= 0.6 is 22.9 Å². The minimum absolute atomic E-state index is 0.0786. The lowest BCUT2D eigenvalue weighted by Crippen LogP contribution is -2.36. The molecule has 0 aromatic carbocycles. The number of ether oxygens (including phenoxy) is 1. The number of hydrogen-bond donors (Lipinski definition) is 1. The summed E-state index contributed by atoms with van der Waals surface area (Å²) in [6.45, 7) is 10.9. The molecule has 0 radical (unpaired) electrons. The molecule has 1 heterocycles. The summed E-state index contributed by atoms with van der Waals surface area (Å²) in [5.74, 6) is 0. The number of nitrogens with zero attached hydrogens (tertiary/aromatic N) is 2. The molecule has 1 rings (SSSR count). The van der Waals surface area contributed by atoms with Crippen LogP contribution in [0.3, 0.4) is 0 Å². The maximum absolute atomic E-state index is 12.3. The number of aromatic nitrogens is 1. The standard InChI is InChI=1S/C14H22ClN3O3S2/c1-13(2,3)21-12(19)17-7-9(10-8-16-11(15)22-10)18-23(20)14(4,5)6/h8H,7H2,1-6H3,(H,17,19).